The number of ether oxygens (including phenoxy) is 1. The lowest BCUT2D eigenvalue weighted by atomic mass is 9.84. The number of hydrogen-bond donors (Lipinski definition) is 0. The molecule has 0 spiro atoms. The van der Waals surface area contributed by atoms with E-state index in [2.05, 4.69) is 13.0 Å². The number of allylic oxidation sites excluding steroid dienone is 1. The summed E-state index contributed by atoms with van der Waals surface area (Å²) < 4.78 is 5.48. The molecule has 0 N–H and O–H groups in total. The summed E-state index contributed by atoms with van der Waals surface area (Å²) in [5.74, 6) is 0.599. The highest BCUT2D eigenvalue weighted by atomic mass is 16.6. The number of rotatable bonds is 3. The van der Waals surface area contributed by atoms with Gasteiger partial charge in [-0.25, -0.2) is 4.79 Å². The molecule has 1 amide bonds. The van der Waals surface area contributed by atoms with Crippen molar-refractivity contribution in [2.75, 3.05) is 6.54 Å². The average molecular weight is 311 g/mol. The van der Waals surface area contributed by atoms with Gasteiger partial charge in [0.25, 0.3) is 0 Å². The molecule has 4 heteroatoms. The molecule has 2 heterocycles. The molecule has 0 aromatic heterocycles. The van der Waals surface area contributed by atoms with E-state index in [1.54, 1.807) is 17.0 Å². The van der Waals surface area contributed by atoms with Gasteiger partial charge in [-0.15, -0.1) is 0 Å². The van der Waals surface area contributed by atoms with Gasteiger partial charge in [-0.05, 0) is 18.6 Å². The van der Waals surface area contributed by atoms with Crippen LogP contribution < -0.4 is 4.74 Å². The Labute approximate surface area is 136 Å². The van der Waals surface area contributed by atoms with Crippen LogP contribution in [-0.4, -0.2) is 29.4 Å². The predicted molar refractivity (Wildman–Crippen MR) is 88.2 cm³/mol. The third-order valence-electron chi connectivity index (χ3n) is 4.48. The van der Waals surface area contributed by atoms with E-state index in [-0.39, 0.29) is 17.2 Å². The van der Waals surface area contributed by atoms with Crippen molar-refractivity contribution >= 4 is 11.9 Å². The lowest BCUT2D eigenvalue weighted by Crippen LogP contribution is -2.49. The summed E-state index contributed by atoms with van der Waals surface area (Å²) in [4.78, 5) is 26.6. The number of para-hydroxylation sites is 1. The first-order valence-electron chi connectivity index (χ1n) is 7.98. The maximum Gasteiger partial charge on any atom is 0.416 e. The minimum Gasteiger partial charge on any atom is -0.410 e. The molecule has 0 fully saturated rings. The Morgan fingerprint density at radius 1 is 1.30 bits per heavy atom. The number of benzene rings is 1. The fraction of sp³-hybridized carbons (Fsp3) is 0.368. The number of Topliss-reactive ketones (excluding diaryl/α,β-unsaturated/α-hetero) is 1. The van der Waals surface area contributed by atoms with Crippen molar-refractivity contribution in [1.29, 1.82) is 0 Å². The van der Waals surface area contributed by atoms with Crippen molar-refractivity contribution < 1.29 is 14.3 Å². The van der Waals surface area contributed by atoms with E-state index in [1.165, 1.54) is 0 Å². The van der Waals surface area contributed by atoms with Crippen LogP contribution in [0.15, 0.2) is 54.1 Å². The Hall–Kier alpha value is -2.36. The number of fused-ring (bicyclic) bond motifs is 2. The Kier molecular flexibility index (Phi) is 4.07. The molecule has 120 valence electrons. The van der Waals surface area contributed by atoms with Crippen LogP contribution in [-0.2, 0) is 4.79 Å². The van der Waals surface area contributed by atoms with Crippen LogP contribution in [0.4, 0.5) is 4.79 Å². The first-order chi connectivity index (χ1) is 11.0. The SMILES string of the molecule is CCC(=O)C1=CCC2(C)C=CC1N(C(=O)Oc1ccccc1)C2. The van der Waals surface area contributed by atoms with Crippen LogP contribution in [0.1, 0.15) is 26.7 Å². The van der Waals surface area contributed by atoms with Crippen LogP contribution >= 0.6 is 0 Å². The van der Waals surface area contributed by atoms with Gasteiger partial charge < -0.3 is 4.74 Å². The second-order valence-electron chi connectivity index (χ2n) is 6.41. The zero-order chi connectivity index (χ0) is 16.4. The number of nitrogens with zero attached hydrogens (tertiary/aromatic N) is 1. The van der Waals surface area contributed by atoms with E-state index in [1.807, 2.05) is 37.3 Å². The molecular weight excluding hydrogens is 290 g/mol. The van der Waals surface area contributed by atoms with Gasteiger partial charge in [-0.2, -0.15) is 0 Å². The molecule has 2 bridgehead atoms. The largest absolute Gasteiger partial charge is 0.416 e. The monoisotopic (exact) mass is 311 g/mol. The number of carbonyl (C=O) groups is 2. The molecule has 23 heavy (non-hydrogen) atoms. The van der Waals surface area contributed by atoms with Crippen molar-refractivity contribution in [3.8, 4) is 5.75 Å². The fourth-order valence-corrected chi connectivity index (χ4v) is 3.14. The lowest BCUT2D eigenvalue weighted by molar-refractivity contribution is -0.115. The molecule has 4 nitrogen and oxygen atoms in total. The van der Waals surface area contributed by atoms with E-state index in [4.69, 9.17) is 4.74 Å². The van der Waals surface area contributed by atoms with Gasteiger partial charge >= 0.3 is 6.09 Å². The summed E-state index contributed by atoms with van der Waals surface area (Å²) in [6.45, 7) is 4.49. The second kappa shape index (κ2) is 6.03. The Balaban J connectivity index is 1.87. The molecule has 2 atom stereocenters. The van der Waals surface area contributed by atoms with Gasteiger partial charge in [0, 0.05) is 24.0 Å². The van der Waals surface area contributed by atoms with Crippen molar-refractivity contribution in [2.45, 2.75) is 32.7 Å². The second-order valence-corrected chi connectivity index (χ2v) is 6.41. The van der Waals surface area contributed by atoms with Gasteiger partial charge in [0.15, 0.2) is 5.78 Å². The maximum absolute atomic E-state index is 12.6. The highest BCUT2D eigenvalue weighted by Gasteiger charge is 2.40. The predicted octanol–water partition coefficient (Wildman–Crippen LogP) is 3.74. The molecule has 1 aromatic carbocycles. The van der Waals surface area contributed by atoms with E-state index >= 15 is 0 Å². The Morgan fingerprint density at radius 2 is 2.04 bits per heavy atom. The quantitative estimate of drug-likeness (QED) is 0.799. The molecule has 2 unspecified atom stereocenters. The highest BCUT2D eigenvalue weighted by Crippen LogP contribution is 2.37. The maximum atomic E-state index is 12.6. The summed E-state index contributed by atoms with van der Waals surface area (Å²) in [6.07, 6.45) is 6.86. The molecule has 2 aliphatic heterocycles. The van der Waals surface area contributed by atoms with Crippen molar-refractivity contribution in [3.63, 3.8) is 0 Å². The molecule has 1 aromatic rings. The summed E-state index contributed by atoms with van der Waals surface area (Å²) in [5, 5.41) is 0. The molecule has 0 radical (unpaired) electrons. The summed E-state index contributed by atoms with van der Waals surface area (Å²) in [5.41, 5.74) is 0.553. The fourth-order valence-electron chi connectivity index (χ4n) is 3.14. The number of ketones is 1. The molecule has 0 saturated heterocycles. The van der Waals surface area contributed by atoms with E-state index in [0.717, 1.165) is 6.42 Å². The topological polar surface area (TPSA) is 46.6 Å². The zero-order valence-electron chi connectivity index (χ0n) is 13.5. The first kappa shape index (κ1) is 15.5. The van der Waals surface area contributed by atoms with Gasteiger partial charge in [0.2, 0.25) is 0 Å². The third kappa shape index (κ3) is 3.07. The number of amides is 1. The van der Waals surface area contributed by atoms with Crippen LogP contribution in [0.3, 0.4) is 0 Å². The zero-order valence-corrected chi connectivity index (χ0v) is 13.5. The lowest BCUT2D eigenvalue weighted by Gasteiger charge is -2.38. The molecule has 3 aliphatic rings. The average Bonchev–Trinajstić information content (AvgIpc) is 2.82. The Bertz CT molecular complexity index is 677. The minimum absolute atomic E-state index is 0.0864. The minimum atomic E-state index is -0.409. The normalized spacial score (nSPS) is 25.7. The van der Waals surface area contributed by atoms with Crippen LogP contribution in [0.25, 0.3) is 0 Å². The molecule has 4 rings (SSSR count). The van der Waals surface area contributed by atoms with Crippen LogP contribution in [0.5, 0.6) is 5.75 Å². The van der Waals surface area contributed by atoms with E-state index < -0.39 is 6.09 Å². The highest BCUT2D eigenvalue weighted by molar-refractivity contribution is 5.97. The van der Waals surface area contributed by atoms with E-state index in [0.29, 0.717) is 24.3 Å². The summed E-state index contributed by atoms with van der Waals surface area (Å²) in [7, 11) is 0. The van der Waals surface area contributed by atoms with Crippen molar-refractivity contribution in [3.05, 3.63) is 54.1 Å². The van der Waals surface area contributed by atoms with Crippen LogP contribution in [0.2, 0.25) is 0 Å². The van der Waals surface area contributed by atoms with Crippen LogP contribution in [0, 0.1) is 5.41 Å². The Morgan fingerprint density at radius 3 is 2.74 bits per heavy atom. The van der Waals surface area contributed by atoms with Gasteiger partial charge in [0.05, 0.1) is 6.04 Å². The molecular formula is C19H21NO3. The summed E-state index contributed by atoms with van der Waals surface area (Å²) >= 11 is 0. The van der Waals surface area contributed by atoms with Crippen molar-refractivity contribution in [1.82, 2.24) is 4.90 Å². The third-order valence-corrected chi connectivity index (χ3v) is 4.48. The first-order valence-corrected chi connectivity index (χ1v) is 7.98. The molecule has 0 saturated carbocycles. The summed E-state index contributed by atoms with van der Waals surface area (Å²) in [6, 6.07) is 8.69. The standard InChI is InChI=1S/C19H21NO3/c1-3-17(21)15-9-11-19(2)12-10-16(15)20(13-19)18(22)23-14-7-5-4-6-8-14/h4-10,12,16H,3,11,13H2,1-2H3. The van der Waals surface area contributed by atoms with Crippen molar-refractivity contribution in [2.24, 2.45) is 5.41 Å². The molecule has 1 aliphatic carbocycles. The number of hydrogen-bond acceptors (Lipinski definition) is 3. The number of carbonyl (C=O) groups excluding carboxylic acids is 2. The van der Waals surface area contributed by atoms with Gasteiger partial charge in [0.1, 0.15) is 5.75 Å². The smallest absolute Gasteiger partial charge is 0.410 e. The van der Waals surface area contributed by atoms with Gasteiger partial charge in [-0.1, -0.05) is 50.3 Å². The van der Waals surface area contributed by atoms with Gasteiger partial charge in [-0.3, -0.25) is 9.69 Å². The van der Waals surface area contributed by atoms with E-state index in [9.17, 15) is 9.59 Å².